The lowest BCUT2D eigenvalue weighted by Gasteiger charge is -2.56. The zero-order valence-electron chi connectivity index (χ0n) is 31.1. The number of aliphatic hydroxyl groups excluding tert-OH is 2. The van der Waals surface area contributed by atoms with Crippen LogP contribution in [0.25, 0.3) is 0 Å². The number of fused-ring (bicyclic) bond motifs is 7. The number of hydrogen-bond donors (Lipinski definition) is 4. The first kappa shape index (κ1) is 38.7. The van der Waals surface area contributed by atoms with Crippen molar-refractivity contribution in [1.82, 2.24) is 4.90 Å². The summed E-state index contributed by atoms with van der Waals surface area (Å²) >= 11 is 0. The number of amides is 1. The molecule has 1 saturated carbocycles. The summed E-state index contributed by atoms with van der Waals surface area (Å²) in [5.74, 6) is 1.40. The third kappa shape index (κ3) is 7.25. The van der Waals surface area contributed by atoms with Gasteiger partial charge in [0, 0.05) is 80.4 Å². The van der Waals surface area contributed by atoms with Gasteiger partial charge in [-0.15, -0.1) is 0 Å². The number of ether oxygens (including phenoxy) is 3. The molecule has 0 aromatic heterocycles. The molecule has 11 nitrogen and oxygen atoms in total. The molecule has 6 N–H and O–H groups in total. The number of quaternary nitrogens is 1. The first-order valence-corrected chi connectivity index (χ1v) is 22.3. The highest BCUT2D eigenvalue weighted by atomic mass is 33.1. The molecule has 6 fully saturated rings. The molecule has 52 heavy (non-hydrogen) atoms. The molecule has 1 spiro atoms. The van der Waals surface area contributed by atoms with E-state index in [1.807, 2.05) is 28.5 Å². The van der Waals surface area contributed by atoms with E-state index >= 15 is 0 Å². The molecule has 5 aliphatic heterocycles. The smallest absolute Gasteiger partial charge is 0.334 e. The molecule has 2 aliphatic carbocycles. The molecule has 290 valence electrons. The van der Waals surface area contributed by atoms with Crippen molar-refractivity contribution in [3.63, 3.8) is 0 Å². The molecule has 13 atom stereocenters. The van der Waals surface area contributed by atoms with Crippen LogP contribution >= 0.6 is 21.6 Å². The molecular formula is C39H60N3O8S2+. The van der Waals surface area contributed by atoms with Crippen LogP contribution in [-0.4, -0.2) is 106 Å². The maximum Gasteiger partial charge on any atom is 0.334 e. The second kappa shape index (κ2) is 15.9. The number of carbonyl (C=O) groups is 3. The van der Waals surface area contributed by atoms with Crippen LogP contribution in [0.5, 0.6) is 0 Å². The van der Waals surface area contributed by atoms with Crippen molar-refractivity contribution < 1.29 is 44.1 Å². The quantitative estimate of drug-likeness (QED) is 0.131. The van der Waals surface area contributed by atoms with E-state index in [1.165, 1.54) is 5.57 Å². The van der Waals surface area contributed by atoms with Crippen molar-refractivity contribution in [3.05, 3.63) is 23.3 Å². The van der Waals surface area contributed by atoms with E-state index in [1.54, 1.807) is 13.0 Å². The van der Waals surface area contributed by atoms with Crippen LogP contribution in [0.1, 0.15) is 85.0 Å². The monoisotopic (exact) mass is 762 g/mol. The van der Waals surface area contributed by atoms with Crippen molar-refractivity contribution in [2.24, 2.45) is 47.2 Å². The largest absolute Gasteiger partial charge is 0.462 e. The van der Waals surface area contributed by atoms with Crippen molar-refractivity contribution in [2.45, 2.75) is 121 Å². The van der Waals surface area contributed by atoms with Crippen LogP contribution in [0.15, 0.2) is 23.3 Å². The number of piperidine rings is 1. The Hall–Kier alpha value is -1.61. The van der Waals surface area contributed by atoms with Crippen LogP contribution in [0, 0.1) is 41.4 Å². The fraction of sp³-hybridized carbons (Fsp3) is 0.821. The summed E-state index contributed by atoms with van der Waals surface area (Å²) in [6.45, 7) is 7.22. The van der Waals surface area contributed by atoms with Gasteiger partial charge in [0.25, 0.3) is 0 Å². The molecule has 5 heterocycles. The number of carbonyl (C=O) groups excluding carboxylic acids is 3. The Balaban J connectivity index is 1.25. The molecule has 0 aromatic carbocycles. The maximum absolute atomic E-state index is 13.9. The van der Waals surface area contributed by atoms with E-state index in [9.17, 15) is 24.6 Å². The predicted octanol–water partition coefficient (Wildman–Crippen LogP) is 2.94. The van der Waals surface area contributed by atoms with Crippen LogP contribution in [0.2, 0.25) is 0 Å². The highest BCUT2D eigenvalue weighted by molar-refractivity contribution is 8.76. The van der Waals surface area contributed by atoms with Gasteiger partial charge in [0.15, 0.2) is 0 Å². The summed E-state index contributed by atoms with van der Waals surface area (Å²) < 4.78 is 20.4. The Bertz CT molecular complexity index is 1430. The maximum atomic E-state index is 13.9. The number of hydrogen-bond acceptors (Lipinski definition) is 11. The van der Waals surface area contributed by atoms with E-state index in [-0.39, 0.29) is 90.9 Å². The zero-order chi connectivity index (χ0) is 36.8. The molecule has 0 radical (unpaired) electrons. The first-order valence-electron chi connectivity index (χ1n) is 19.8. The molecule has 7 aliphatic rings. The lowest BCUT2D eigenvalue weighted by Crippen LogP contribution is -2.96. The number of aliphatic hydroxyl groups is 2. The summed E-state index contributed by atoms with van der Waals surface area (Å²) in [5, 5.41) is 21.6. The minimum Gasteiger partial charge on any atom is -0.462 e. The molecular weight excluding hydrogens is 703 g/mol. The number of esters is 2. The van der Waals surface area contributed by atoms with Crippen LogP contribution in [0.4, 0.5) is 0 Å². The highest BCUT2D eigenvalue weighted by Gasteiger charge is 2.68. The third-order valence-electron chi connectivity index (χ3n) is 14.1. The van der Waals surface area contributed by atoms with E-state index < -0.39 is 11.2 Å². The van der Waals surface area contributed by atoms with Crippen molar-refractivity contribution in [2.75, 3.05) is 37.8 Å². The van der Waals surface area contributed by atoms with Gasteiger partial charge < -0.3 is 34.6 Å². The van der Waals surface area contributed by atoms with Crippen LogP contribution < -0.4 is 11.1 Å². The molecule has 5 saturated heterocycles. The van der Waals surface area contributed by atoms with Gasteiger partial charge in [-0.25, -0.2) is 4.79 Å². The summed E-state index contributed by atoms with van der Waals surface area (Å²) in [7, 11) is 3.71. The molecule has 0 bridgehead atoms. The molecule has 8 unspecified atom stereocenters. The van der Waals surface area contributed by atoms with E-state index in [0.717, 1.165) is 43.9 Å². The minimum absolute atomic E-state index is 0.0222. The van der Waals surface area contributed by atoms with Gasteiger partial charge in [-0.1, -0.05) is 39.3 Å². The topological polar surface area (TPSA) is 165 Å². The zero-order valence-corrected chi connectivity index (χ0v) is 32.7. The number of nitrogens with two attached hydrogens (primary N) is 2. The Kier molecular flexibility index (Phi) is 11.8. The van der Waals surface area contributed by atoms with Crippen molar-refractivity contribution >= 4 is 39.4 Å². The third-order valence-corrected chi connectivity index (χ3v) is 16.5. The highest BCUT2D eigenvalue weighted by Crippen LogP contribution is 2.62. The molecule has 0 aromatic rings. The standard InChI is InChI=1S/C39H59N3O8S2/c1-4-22(2)36(46)50-38(3)8-5-24-20-51-52-21-29-6-9-42(29)34(45)14-28-18-41-33(40)15-30(28)35(24)39(38)17-27-13-25-12-26(11-23(19-44)7-10-43)37(47)48-31(25)16-32(27)49-39/h4-5,23,25-33,35,41,43-44H,6-21,40H2,1-3H3/p+1/t23-,25?,26?,27?,28?,29+,30?,31?,32?,33?,35-,38+,39+/m1/s1. The fourth-order valence-electron chi connectivity index (χ4n) is 10.9. The van der Waals surface area contributed by atoms with Gasteiger partial charge in [0.2, 0.25) is 5.91 Å². The molecule has 13 heteroatoms. The Labute approximate surface area is 316 Å². The van der Waals surface area contributed by atoms with Crippen LogP contribution in [0.3, 0.4) is 0 Å². The van der Waals surface area contributed by atoms with Gasteiger partial charge in [-0.2, -0.15) is 0 Å². The lowest BCUT2D eigenvalue weighted by molar-refractivity contribution is -0.706. The minimum atomic E-state index is -0.972. The summed E-state index contributed by atoms with van der Waals surface area (Å²) in [5.41, 5.74) is 6.81. The Morgan fingerprint density at radius 3 is 2.73 bits per heavy atom. The predicted molar refractivity (Wildman–Crippen MR) is 199 cm³/mol. The second-order valence-corrected chi connectivity index (χ2v) is 19.6. The average molecular weight is 763 g/mol. The lowest BCUT2D eigenvalue weighted by atomic mass is 9.56. The van der Waals surface area contributed by atoms with E-state index in [0.29, 0.717) is 56.6 Å². The van der Waals surface area contributed by atoms with Gasteiger partial charge in [-0.05, 0) is 83.0 Å². The molecule has 7 rings (SSSR count). The van der Waals surface area contributed by atoms with Crippen molar-refractivity contribution in [1.29, 1.82) is 0 Å². The first-order chi connectivity index (χ1) is 25.0. The number of rotatable bonds is 7. The summed E-state index contributed by atoms with van der Waals surface area (Å²) in [6, 6.07) is 0.306. The molecule has 1 amide bonds. The van der Waals surface area contributed by atoms with Gasteiger partial charge in [0.05, 0.1) is 18.6 Å². The van der Waals surface area contributed by atoms with Gasteiger partial charge >= 0.3 is 11.9 Å². The van der Waals surface area contributed by atoms with Crippen molar-refractivity contribution in [3.8, 4) is 0 Å². The fourth-order valence-corrected chi connectivity index (χ4v) is 13.5. The summed E-state index contributed by atoms with van der Waals surface area (Å²) in [6.07, 6.45) is 10.2. The van der Waals surface area contributed by atoms with Gasteiger partial charge in [-0.3, -0.25) is 15.3 Å². The normalized spacial score (nSPS) is 42.8. The van der Waals surface area contributed by atoms with Gasteiger partial charge in [0.1, 0.15) is 23.5 Å². The SMILES string of the molecule is CC=C(C)C(=O)O[C@@]1(C)CC=C2CSSC[C@@H]3CCN3C(=O)CC3C[NH2+]C(N)CC3[C@@H]2[C@@]12CC1CC3CC(C[C@H](CO)CCO)C(=O)OC3CC1O2. The Morgan fingerprint density at radius 1 is 1.17 bits per heavy atom. The van der Waals surface area contributed by atoms with E-state index in [2.05, 4.69) is 23.2 Å². The Morgan fingerprint density at radius 2 is 2.00 bits per heavy atom. The second-order valence-electron chi connectivity index (χ2n) is 17.1. The average Bonchev–Trinajstić information content (AvgIpc) is 3.47. The van der Waals surface area contributed by atoms with E-state index in [4.69, 9.17) is 19.9 Å². The van der Waals surface area contributed by atoms with Crippen LogP contribution in [-0.2, 0) is 28.6 Å². The summed E-state index contributed by atoms with van der Waals surface area (Å²) in [4.78, 5) is 43.0. The number of nitrogens with zero attached hydrogens (tertiary/aromatic N) is 1. The number of allylic oxidation sites excluding steroid dienone is 1.